The van der Waals surface area contributed by atoms with Gasteiger partial charge in [-0.25, -0.2) is 0 Å². The maximum absolute atomic E-state index is 5.97. The highest BCUT2D eigenvalue weighted by Gasteiger charge is 2.47. The summed E-state index contributed by atoms with van der Waals surface area (Å²) in [5.41, 5.74) is 6.38. The second-order valence-corrected chi connectivity index (χ2v) is 5.45. The van der Waals surface area contributed by atoms with Gasteiger partial charge < -0.3 is 15.8 Å². The second-order valence-electron chi connectivity index (χ2n) is 5.45. The molecule has 2 unspecified atom stereocenters. The van der Waals surface area contributed by atoms with E-state index in [1.807, 2.05) is 0 Å². The third-order valence-electron chi connectivity index (χ3n) is 4.18. The Kier molecular flexibility index (Phi) is 4.15. The van der Waals surface area contributed by atoms with E-state index >= 15 is 0 Å². The first-order valence-electron chi connectivity index (χ1n) is 5.95. The van der Waals surface area contributed by atoms with Crippen molar-refractivity contribution in [3.05, 3.63) is 0 Å². The van der Waals surface area contributed by atoms with Crippen molar-refractivity contribution in [2.24, 2.45) is 11.1 Å². The number of hydrogen-bond acceptors (Lipinski definition) is 3. The Morgan fingerprint density at radius 2 is 2.07 bits per heavy atom. The molecule has 0 aliphatic heterocycles. The lowest BCUT2D eigenvalue weighted by molar-refractivity contribution is 0.0879. The smallest absolute Gasteiger partial charge is 0.0667 e. The maximum Gasteiger partial charge on any atom is 0.0667 e. The SMILES string of the molecule is COC(C)CNC1(CN)CCCC1(C)C. The Bertz CT molecular complexity index is 206. The monoisotopic (exact) mass is 214 g/mol. The highest BCUT2D eigenvalue weighted by Crippen LogP contribution is 2.45. The summed E-state index contributed by atoms with van der Waals surface area (Å²) in [6.45, 7) is 8.32. The summed E-state index contributed by atoms with van der Waals surface area (Å²) in [4.78, 5) is 0. The van der Waals surface area contributed by atoms with Gasteiger partial charge in [0.25, 0.3) is 0 Å². The van der Waals surface area contributed by atoms with Crippen LogP contribution in [-0.4, -0.2) is 31.8 Å². The van der Waals surface area contributed by atoms with E-state index < -0.39 is 0 Å². The fourth-order valence-corrected chi connectivity index (χ4v) is 2.61. The van der Waals surface area contributed by atoms with Gasteiger partial charge in [0.15, 0.2) is 0 Å². The Labute approximate surface area is 93.8 Å². The van der Waals surface area contributed by atoms with E-state index in [0.717, 1.165) is 13.1 Å². The van der Waals surface area contributed by atoms with Crippen molar-refractivity contribution in [1.29, 1.82) is 0 Å². The van der Waals surface area contributed by atoms with Gasteiger partial charge in [-0.1, -0.05) is 20.3 Å². The summed E-state index contributed by atoms with van der Waals surface area (Å²) in [7, 11) is 1.75. The average Bonchev–Trinajstić information content (AvgIpc) is 2.50. The van der Waals surface area contributed by atoms with Gasteiger partial charge in [0, 0.05) is 25.7 Å². The summed E-state index contributed by atoms with van der Waals surface area (Å²) >= 11 is 0. The molecule has 3 heteroatoms. The molecule has 1 saturated carbocycles. The molecule has 1 aliphatic carbocycles. The summed E-state index contributed by atoms with van der Waals surface area (Å²) in [6.07, 6.45) is 3.98. The number of hydrogen-bond donors (Lipinski definition) is 2. The molecule has 0 aromatic carbocycles. The molecule has 2 atom stereocenters. The molecular weight excluding hydrogens is 188 g/mol. The van der Waals surface area contributed by atoms with E-state index in [4.69, 9.17) is 10.5 Å². The standard InChI is InChI=1S/C12H26N2O/c1-10(15-4)8-14-12(9-13)7-5-6-11(12,2)3/h10,14H,5-9,13H2,1-4H3. The van der Waals surface area contributed by atoms with Crippen LogP contribution < -0.4 is 11.1 Å². The summed E-state index contributed by atoms with van der Waals surface area (Å²) in [6, 6.07) is 0. The fraction of sp³-hybridized carbons (Fsp3) is 1.00. The minimum absolute atomic E-state index is 0.111. The minimum Gasteiger partial charge on any atom is -0.380 e. The van der Waals surface area contributed by atoms with Crippen LogP contribution in [-0.2, 0) is 4.74 Å². The first-order valence-corrected chi connectivity index (χ1v) is 5.95. The molecule has 0 spiro atoms. The molecule has 15 heavy (non-hydrogen) atoms. The van der Waals surface area contributed by atoms with Gasteiger partial charge in [-0.2, -0.15) is 0 Å². The minimum atomic E-state index is 0.111. The van der Waals surface area contributed by atoms with E-state index in [1.165, 1.54) is 19.3 Å². The molecule has 1 aliphatic rings. The van der Waals surface area contributed by atoms with Crippen molar-refractivity contribution < 1.29 is 4.74 Å². The molecule has 0 aromatic heterocycles. The molecule has 0 bridgehead atoms. The molecule has 0 saturated heterocycles. The van der Waals surface area contributed by atoms with Crippen LogP contribution >= 0.6 is 0 Å². The number of nitrogens with two attached hydrogens (primary N) is 1. The third kappa shape index (κ3) is 2.52. The van der Waals surface area contributed by atoms with E-state index in [1.54, 1.807) is 7.11 Å². The number of rotatable bonds is 5. The summed E-state index contributed by atoms with van der Waals surface area (Å²) in [5.74, 6) is 0. The maximum atomic E-state index is 5.97. The Morgan fingerprint density at radius 1 is 1.40 bits per heavy atom. The van der Waals surface area contributed by atoms with Crippen LogP contribution in [0.5, 0.6) is 0 Å². The normalized spacial score (nSPS) is 31.8. The number of methoxy groups -OCH3 is 1. The zero-order valence-electron chi connectivity index (χ0n) is 10.6. The van der Waals surface area contributed by atoms with Gasteiger partial charge in [0.2, 0.25) is 0 Å². The first-order chi connectivity index (χ1) is 6.97. The van der Waals surface area contributed by atoms with Crippen LogP contribution in [0.15, 0.2) is 0 Å². The zero-order valence-corrected chi connectivity index (χ0v) is 10.6. The quantitative estimate of drug-likeness (QED) is 0.729. The molecule has 1 fully saturated rings. The van der Waals surface area contributed by atoms with Gasteiger partial charge in [-0.3, -0.25) is 0 Å². The van der Waals surface area contributed by atoms with Crippen molar-refractivity contribution in [2.75, 3.05) is 20.2 Å². The van der Waals surface area contributed by atoms with Crippen molar-refractivity contribution in [3.63, 3.8) is 0 Å². The first kappa shape index (κ1) is 12.9. The van der Waals surface area contributed by atoms with Gasteiger partial charge in [0.1, 0.15) is 0 Å². The fourth-order valence-electron chi connectivity index (χ4n) is 2.61. The van der Waals surface area contributed by atoms with Gasteiger partial charge in [0.05, 0.1) is 6.10 Å². The lowest BCUT2D eigenvalue weighted by Gasteiger charge is -2.42. The molecule has 0 heterocycles. The van der Waals surface area contributed by atoms with Gasteiger partial charge >= 0.3 is 0 Å². The molecule has 3 nitrogen and oxygen atoms in total. The molecule has 3 N–H and O–H groups in total. The van der Waals surface area contributed by atoms with E-state index in [-0.39, 0.29) is 11.6 Å². The topological polar surface area (TPSA) is 47.3 Å². The van der Waals surface area contributed by atoms with E-state index in [0.29, 0.717) is 5.41 Å². The lowest BCUT2D eigenvalue weighted by Crippen LogP contribution is -2.59. The highest BCUT2D eigenvalue weighted by atomic mass is 16.5. The van der Waals surface area contributed by atoms with Crippen LogP contribution in [0.4, 0.5) is 0 Å². The Hall–Kier alpha value is -0.120. The molecule has 1 rings (SSSR count). The molecule has 0 radical (unpaired) electrons. The summed E-state index contributed by atoms with van der Waals surface area (Å²) < 4.78 is 5.26. The second kappa shape index (κ2) is 4.81. The van der Waals surface area contributed by atoms with Crippen LogP contribution in [0, 0.1) is 5.41 Å². The summed E-state index contributed by atoms with van der Waals surface area (Å²) in [5, 5.41) is 3.64. The van der Waals surface area contributed by atoms with Gasteiger partial charge in [-0.05, 0) is 25.2 Å². The molecule has 0 aromatic rings. The van der Waals surface area contributed by atoms with E-state index in [9.17, 15) is 0 Å². The molecule has 90 valence electrons. The average molecular weight is 214 g/mol. The zero-order chi connectivity index (χ0) is 11.5. The van der Waals surface area contributed by atoms with Crippen molar-refractivity contribution in [3.8, 4) is 0 Å². The van der Waals surface area contributed by atoms with E-state index in [2.05, 4.69) is 26.1 Å². The lowest BCUT2D eigenvalue weighted by atomic mass is 9.75. The molecular formula is C12H26N2O. The van der Waals surface area contributed by atoms with Crippen LogP contribution in [0.25, 0.3) is 0 Å². The van der Waals surface area contributed by atoms with Crippen molar-refractivity contribution in [1.82, 2.24) is 5.32 Å². The predicted molar refractivity (Wildman–Crippen MR) is 63.9 cm³/mol. The Balaban J connectivity index is 2.61. The highest BCUT2D eigenvalue weighted by molar-refractivity contribution is 5.05. The van der Waals surface area contributed by atoms with Crippen molar-refractivity contribution in [2.45, 2.75) is 51.7 Å². The molecule has 0 amide bonds. The van der Waals surface area contributed by atoms with Crippen molar-refractivity contribution >= 4 is 0 Å². The number of nitrogens with one attached hydrogen (secondary N) is 1. The van der Waals surface area contributed by atoms with Crippen LogP contribution in [0.3, 0.4) is 0 Å². The van der Waals surface area contributed by atoms with Crippen LogP contribution in [0.2, 0.25) is 0 Å². The van der Waals surface area contributed by atoms with Crippen LogP contribution in [0.1, 0.15) is 40.0 Å². The predicted octanol–water partition coefficient (Wildman–Crippen LogP) is 1.52. The largest absolute Gasteiger partial charge is 0.380 e. The number of ether oxygens (including phenoxy) is 1. The van der Waals surface area contributed by atoms with Gasteiger partial charge in [-0.15, -0.1) is 0 Å². The third-order valence-corrected chi connectivity index (χ3v) is 4.18. The Morgan fingerprint density at radius 3 is 2.47 bits per heavy atom.